The summed E-state index contributed by atoms with van der Waals surface area (Å²) in [5.41, 5.74) is 14.1. The van der Waals surface area contributed by atoms with Gasteiger partial charge in [0.05, 0.1) is 11.0 Å². The average Bonchev–Trinajstić information content (AvgIpc) is 3.83. The molecule has 0 amide bonds. The molecule has 0 aliphatic rings. The molecule has 3 heteroatoms. The number of benzene rings is 9. The summed E-state index contributed by atoms with van der Waals surface area (Å²) in [5, 5.41) is 5.09. The number of para-hydroxylation sites is 2. The molecule has 0 spiro atoms. The molecule has 0 saturated carbocycles. The second kappa shape index (κ2) is 13.8. The van der Waals surface area contributed by atoms with Gasteiger partial charge in [-0.15, -0.1) is 11.3 Å². The van der Waals surface area contributed by atoms with Crippen LogP contribution in [0.4, 0.5) is 17.1 Å². The summed E-state index contributed by atoms with van der Waals surface area (Å²) < 4.78 is 4.98. The number of thiophene rings is 1. The minimum absolute atomic E-state index is 1.11. The van der Waals surface area contributed by atoms with Crippen molar-refractivity contribution in [3.63, 3.8) is 0 Å². The van der Waals surface area contributed by atoms with Gasteiger partial charge in [-0.25, -0.2) is 0 Å². The molecule has 2 nitrogen and oxygen atoms in total. The summed E-state index contributed by atoms with van der Waals surface area (Å²) in [4.78, 5) is 2.39. The Kier molecular flexibility index (Phi) is 8.04. The lowest BCUT2D eigenvalue weighted by atomic mass is 9.97. The first-order valence-electron chi connectivity index (χ1n) is 19.4. The minimum Gasteiger partial charge on any atom is -0.310 e. The third kappa shape index (κ3) is 5.88. The van der Waals surface area contributed by atoms with Crippen LogP contribution in [0, 0.1) is 0 Å². The predicted octanol–water partition coefficient (Wildman–Crippen LogP) is 15.6. The monoisotopic (exact) mass is 744 g/mol. The topological polar surface area (TPSA) is 8.17 Å². The third-order valence-corrected chi connectivity index (χ3v) is 12.3. The number of aromatic nitrogens is 1. The maximum Gasteiger partial charge on any atom is 0.0541 e. The molecule has 9 aromatic carbocycles. The summed E-state index contributed by atoms with van der Waals surface area (Å²) in [6.45, 7) is 0. The van der Waals surface area contributed by atoms with Crippen LogP contribution in [0.5, 0.6) is 0 Å². The highest BCUT2D eigenvalue weighted by Crippen LogP contribution is 2.42. The molecule has 2 heterocycles. The quantitative estimate of drug-likeness (QED) is 0.158. The highest BCUT2D eigenvalue weighted by atomic mass is 32.1. The molecule has 0 aliphatic carbocycles. The largest absolute Gasteiger partial charge is 0.310 e. The lowest BCUT2D eigenvalue weighted by Crippen LogP contribution is -2.10. The van der Waals surface area contributed by atoms with E-state index >= 15 is 0 Å². The highest BCUT2D eigenvalue weighted by molar-refractivity contribution is 7.25. The first kappa shape index (κ1) is 33.2. The fourth-order valence-corrected chi connectivity index (χ4v) is 9.53. The lowest BCUT2D eigenvalue weighted by Gasteiger charge is -2.26. The molecule has 0 N–H and O–H groups in total. The fourth-order valence-electron chi connectivity index (χ4n) is 8.44. The zero-order valence-corrected chi connectivity index (χ0v) is 31.9. The summed E-state index contributed by atoms with van der Waals surface area (Å²) in [6.07, 6.45) is 0. The molecular weight excluding hydrogens is 709 g/mol. The number of fused-ring (bicyclic) bond motifs is 6. The first-order chi connectivity index (χ1) is 28.2. The molecule has 57 heavy (non-hydrogen) atoms. The van der Waals surface area contributed by atoms with E-state index in [0.717, 1.165) is 17.1 Å². The Morgan fingerprint density at radius 2 is 0.842 bits per heavy atom. The van der Waals surface area contributed by atoms with Crippen molar-refractivity contribution in [3.05, 3.63) is 218 Å². The summed E-state index contributed by atoms with van der Waals surface area (Å²) in [5.74, 6) is 0. The minimum atomic E-state index is 1.11. The summed E-state index contributed by atoms with van der Waals surface area (Å²) in [6, 6.07) is 79.4. The number of anilines is 3. The molecule has 0 unspecified atom stereocenters. The van der Waals surface area contributed by atoms with E-state index in [1.54, 1.807) is 0 Å². The van der Waals surface area contributed by atoms with Gasteiger partial charge in [-0.3, -0.25) is 0 Å². The van der Waals surface area contributed by atoms with Crippen molar-refractivity contribution < 1.29 is 0 Å². The van der Waals surface area contributed by atoms with Gasteiger partial charge in [-0.2, -0.15) is 0 Å². The van der Waals surface area contributed by atoms with Crippen molar-refractivity contribution in [3.8, 4) is 39.1 Å². The van der Waals surface area contributed by atoms with E-state index in [2.05, 4.69) is 228 Å². The molecule has 11 rings (SSSR count). The fraction of sp³-hybridized carbons (Fsp3) is 0. The molecule has 0 bridgehead atoms. The van der Waals surface area contributed by atoms with Crippen molar-refractivity contribution in [2.75, 3.05) is 4.90 Å². The molecule has 0 radical (unpaired) electrons. The average molecular weight is 745 g/mol. The van der Waals surface area contributed by atoms with Gasteiger partial charge in [0.25, 0.3) is 0 Å². The van der Waals surface area contributed by atoms with Gasteiger partial charge in [-0.05, 0) is 118 Å². The Labute approximate surface area is 335 Å². The molecule has 2 aromatic heterocycles. The van der Waals surface area contributed by atoms with Gasteiger partial charge in [-0.1, -0.05) is 133 Å². The van der Waals surface area contributed by atoms with Crippen LogP contribution >= 0.6 is 11.3 Å². The van der Waals surface area contributed by atoms with Gasteiger partial charge in [0.2, 0.25) is 0 Å². The molecule has 0 aliphatic heterocycles. The van der Waals surface area contributed by atoms with E-state index in [9.17, 15) is 0 Å². The SMILES string of the molecule is c1ccc(-c2ccc(N(c3cccc(-c4cccc(-c5ccc6c(c5)c5ccccc5n6-c5ccccc5)c4)c3)c3ccc4sc5ccccc5c4c3)cc2)cc1. The molecule has 0 fully saturated rings. The van der Waals surface area contributed by atoms with Crippen LogP contribution in [0.1, 0.15) is 0 Å². The lowest BCUT2D eigenvalue weighted by molar-refractivity contribution is 1.18. The number of nitrogens with zero attached hydrogens (tertiary/aromatic N) is 2. The van der Waals surface area contributed by atoms with E-state index < -0.39 is 0 Å². The number of rotatable bonds is 7. The van der Waals surface area contributed by atoms with Crippen molar-refractivity contribution >= 4 is 70.4 Å². The zero-order chi connectivity index (χ0) is 37.7. The Balaban J connectivity index is 1.01. The van der Waals surface area contributed by atoms with Crippen molar-refractivity contribution in [1.82, 2.24) is 4.57 Å². The van der Waals surface area contributed by atoms with E-state index in [1.807, 2.05) is 11.3 Å². The summed E-state index contributed by atoms with van der Waals surface area (Å²) >= 11 is 1.85. The third-order valence-electron chi connectivity index (χ3n) is 11.2. The van der Waals surface area contributed by atoms with Crippen LogP contribution in [0.2, 0.25) is 0 Å². The van der Waals surface area contributed by atoms with Crippen LogP contribution in [-0.4, -0.2) is 4.57 Å². The Bertz CT molecular complexity index is 3230. The molecular formula is C54H36N2S. The Hall–Kier alpha value is -7.20. The van der Waals surface area contributed by atoms with Gasteiger partial charge in [0.1, 0.15) is 0 Å². The van der Waals surface area contributed by atoms with E-state index in [-0.39, 0.29) is 0 Å². The van der Waals surface area contributed by atoms with Crippen LogP contribution in [0.3, 0.4) is 0 Å². The molecule has 268 valence electrons. The zero-order valence-electron chi connectivity index (χ0n) is 31.1. The second-order valence-electron chi connectivity index (χ2n) is 14.6. The van der Waals surface area contributed by atoms with Gasteiger partial charge in [0.15, 0.2) is 0 Å². The number of hydrogen-bond donors (Lipinski definition) is 0. The van der Waals surface area contributed by atoms with E-state index in [1.165, 1.54) is 81.0 Å². The maximum absolute atomic E-state index is 2.39. The molecule has 0 atom stereocenters. The molecule has 0 saturated heterocycles. The van der Waals surface area contributed by atoms with Crippen molar-refractivity contribution in [2.45, 2.75) is 0 Å². The van der Waals surface area contributed by atoms with Crippen molar-refractivity contribution in [1.29, 1.82) is 0 Å². The van der Waals surface area contributed by atoms with Crippen LogP contribution in [0.25, 0.3) is 81.0 Å². The maximum atomic E-state index is 2.39. The van der Waals surface area contributed by atoms with Crippen molar-refractivity contribution in [2.24, 2.45) is 0 Å². The van der Waals surface area contributed by atoms with Crippen LogP contribution in [-0.2, 0) is 0 Å². The predicted molar refractivity (Wildman–Crippen MR) is 245 cm³/mol. The van der Waals surface area contributed by atoms with E-state index in [4.69, 9.17) is 0 Å². The van der Waals surface area contributed by atoms with Gasteiger partial charge >= 0.3 is 0 Å². The highest BCUT2D eigenvalue weighted by Gasteiger charge is 2.17. The van der Waals surface area contributed by atoms with Crippen LogP contribution in [0.15, 0.2) is 218 Å². The van der Waals surface area contributed by atoms with Gasteiger partial charge < -0.3 is 9.47 Å². The Morgan fingerprint density at radius 3 is 1.65 bits per heavy atom. The standard InChI is InChI=1S/C54H36N2S/c1-3-13-37(14-4-1)38-25-28-44(29-26-38)55(46-30-32-54-50(36-46)48-22-8-10-24-53(48)57-54)45-20-12-17-41(34-45)39-15-11-16-40(33-39)42-27-31-52-49(35-42)47-21-7-9-23-51(47)56(52)43-18-5-2-6-19-43/h1-36H. The van der Waals surface area contributed by atoms with Crippen LogP contribution < -0.4 is 4.90 Å². The smallest absolute Gasteiger partial charge is 0.0541 e. The number of hydrogen-bond acceptors (Lipinski definition) is 2. The summed E-state index contributed by atoms with van der Waals surface area (Å²) in [7, 11) is 0. The Morgan fingerprint density at radius 1 is 0.298 bits per heavy atom. The molecule has 11 aromatic rings. The normalized spacial score (nSPS) is 11.5. The second-order valence-corrected chi connectivity index (χ2v) is 15.7. The van der Waals surface area contributed by atoms with Gasteiger partial charge in [0, 0.05) is 53.7 Å². The van der Waals surface area contributed by atoms with E-state index in [0.29, 0.717) is 0 Å². The first-order valence-corrected chi connectivity index (χ1v) is 20.2.